The van der Waals surface area contributed by atoms with E-state index in [1.165, 1.54) is 11.3 Å². The SMILES string of the molecule is CC1(C)[C@H](C(=O)Nc2cccc(C(=O)Nc3nccs3)c2)[C@@H]1C(=O)O. The van der Waals surface area contributed by atoms with Crippen molar-refractivity contribution in [2.24, 2.45) is 17.3 Å². The lowest BCUT2D eigenvalue weighted by atomic mass is 10.1. The van der Waals surface area contributed by atoms with Crippen molar-refractivity contribution in [2.45, 2.75) is 13.8 Å². The molecule has 0 spiro atoms. The quantitative estimate of drug-likeness (QED) is 0.760. The third-order valence-electron chi connectivity index (χ3n) is 4.42. The second-order valence-electron chi connectivity index (χ2n) is 6.48. The van der Waals surface area contributed by atoms with Gasteiger partial charge in [-0.3, -0.25) is 19.7 Å². The fourth-order valence-corrected chi connectivity index (χ4v) is 3.52. The van der Waals surface area contributed by atoms with Gasteiger partial charge in [-0.05, 0) is 23.6 Å². The molecule has 2 atom stereocenters. The van der Waals surface area contributed by atoms with Gasteiger partial charge in [0.15, 0.2) is 5.13 Å². The zero-order valence-electron chi connectivity index (χ0n) is 13.6. The van der Waals surface area contributed by atoms with Crippen LogP contribution >= 0.6 is 11.3 Å². The van der Waals surface area contributed by atoms with Gasteiger partial charge in [0.25, 0.3) is 5.91 Å². The number of carboxylic acid groups (broad SMARTS) is 1. The summed E-state index contributed by atoms with van der Waals surface area (Å²) >= 11 is 1.31. The van der Waals surface area contributed by atoms with Crippen molar-refractivity contribution in [1.82, 2.24) is 4.98 Å². The summed E-state index contributed by atoms with van der Waals surface area (Å²) in [4.78, 5) is 39.8. The van der Waals surface area contributed by atoms with Crippen LogP contribution in [0, 0.1) is 17.3 Å². The molecular weight excluding hydrogens is 342 g/mol. The van der Waals surface area contributed by atoms with E-state index < -0.39 is 23.2 Å². The second kappa shape index (κ2) is 6.29. The van der Waals surface area contributed by atoms with Crippen LogP contribution in [-0.2, 0) is 9.59 Å². The minimum absolute atomic E-state index is 0.332. The maximum Gasteiger partial charge on any atom is 0.307 e. The Morgan fingerprint density at radius 3 is 2.56 bits per heavy atom. The second-order valence-corrected chi connectivity index (χ2v) is 7.37. The summed E-state index contributed by atoms with van der Waals surface area (Å²) in [7, 11) is 0. The predicted octanol–water partition coefficient (Wildman–Crippen LogP) is 2.69. The number of carboxylic acids is 1. The molecule has 0 aliphatic heterocycles. The van der Waals surface area contributed by atoms with Gasteiger partial charge < -0.3 is 10.4 Å². The molecule has 0 saturated heterocycles. The summed E-state index contributed by atoms with van der Waals surface area (Å²) in [6.07, 6.45) is 1.59. The summed E-state index contributed by atoms with van der Waals surface area (Å²) in [6.45, 7) is 3.52. The zero-order valence-corrected chi connectivity index (χ0v) is 14.5. The van der Waals surface area contributed by atoms with E-state index in [4.69, 9.17) is 0 Å². The summed E-state index contributed by atoms with van der Waals surface area (Å²) in [5.74, 6) is -2.93. The van der Waals surface area contributed by atoms with Crippen LogP contribution in [-0.4, -0.2) is 27.9 Å². The van der Waals surface area contributed by atoms with Gasteiger partial charge in [-0.2, -0.15) is 0 Å². The lowest BCUT2D eigenvalue weighted by Crippen LogP contribution is -2.18. The normalized spacial score (nSPS) is 20.6. The van der Waals surface area contributed by atoms with E-state index in [1.54, 1.807) is 49.7 Å². The van der Waals surface area contributed by atoms with Crippen molar-refractivity contribution in [2.75, 3.05) is 10.6 Å². The average Bonchev–Trinajstić information content (AvgIpc) is 2.88. The number of anilines is 2. The molecule has 1 heterocycles. The maximum absolute atomic E-state index is 12.4. The monoisotopic (exact) mass is 359 g/mol. The molecular formula is C17H17N3O4S. The molecule has 2 aromatic rings. The number of nitrogens with zero attached hydrogens (tertiary/aromatic N) is 1. The van der Waals surface area contributed by atoms with E-state index in [9.17, 15) is 19.5 Å². The molecule has 8 heteroatoms. The van der Waals surface area contributed by atoms with Crippen LogP contribution in [0.15, 0.2) is 35.8 Å². The molecule has 1 aromatic heterocycles. The number of carbonyl (C=O) groups is 3. The minimum Gasteiger partial charge on any atom is -0.481 e. The van der Waals surface area contributed by atoms with Crippen LogP contribution in [0.2, 0.25) is 0 Å². The van der Waals surface area contributed by atoms with E-state index in [2.05, 4.69) is 15.6 Å². The molecule has 0 bridgehead atoms. The van der Waals surface area contributed by atoms with E-state index in [0.29, 0.717) is 16.4 Å². The number of rotatable bonds is 5. The topological polar surface area (TPSA) is 108 Å². The summed E-state index contributed by atoms with van der Waals surface area (Å²) in [5, 5.41) is 16.8. The maximum atomic E-state index is 12.4. The molecule has 1 aromatic carbocycles. The van der Waals surface area contributed by atoms with Crippen molar-refractivity contribution in [3.8, 4) is 0 Å². The van der Waals surface area contributed by atoms with Gasteiger partial charge in [0.05, 0.1) is 11.8 Å². The van der Waals surface area contributed by atoms with Gasteiger partial charge in [-0.1, -0.05) is 19.9 Å². The van der Waals surface area contributed by atoms with E-state index in [-0.39, 0.29) is 11.8 Å². The molecule has 1 saturated carbocycles. The van der Waals surface area contributed by atoms with Gasteiger partial charge in [0, 0.05) is 22.8 Å². The molecule has 0 unspecified atom stereocenters. The Kier molecular flexibility index (Phi) is 4.30. The molecule has 25 heavy (non-hydrogen) atoms. The highest BCUT2D eigenvalue weighted by atomic mass is 32.1. The number of aliphatic carboxylic acids is 1. The van der Waals surface area contributed by atoms with E-state index in [1.807, 2.05) is 0 Å². The third-order valence-corrected chi connectivity index (χ3v) is 5.11. The van der Waals surface area contributed by atoms with Crippen LogP contribution in [0.5, 0.6) is 0 Å². The molecule has 3 N–H and O–H groups in total. The van der Waals surface area contributed by atoms with Gasteiger partial charge in [0.2, 0.25) is 5.91 Å². The predicted molar refractivity (Wildman–Crippen MR) is 93.5 cm³/mol. The molecule has 2 amide bonds. The highest BCUT2D eigenvalue weighted by Gasteiger charge is 2.65. The number of aromatic nitrogens is 1. The Hall–Kier alpha value is -2.74. The minimum atomic E-state index is -0.971. The van der Waals surface area contributed by atoms with E-state index in [0.717, 1.165) is 0 Å². The number of benzene rings is 1. The fraction of sp³-hybridized carbons (Fsp3) is 0.294. The number of thiazole rings is 1. The zero-order chi connectivity index (χ0) is 18.2. The van der Waals surface area contributed by atoms with Gasteiger partial charge >= 0.3 is 5.97 Å². The smallest absolute Gasteiger partial charge is 0.307 e. The number of nitrogens with one attached hydrogen (secondary N) is 2. The van der Waals surface area contributed by atoms with Crippen LogP contribution in [0.4, 0.5) is 10.8 Å². The summed E-state index contributed by atoms with van der Waals surface area (Å²) in [5.41, 5.74) is 0.247. The van der Waals surface area contributed by atoms with Crippen molar-refractivity contribution in [3.63, 3.8) is 0 Å². The molecule has 1 aliphatic carbocycles. The first-order chi connectivity index (χ1) is 11.8. The fourth-order valence-electron chi connectivity index (χ4n) is 3.00. The Morgan fingerprint density at radius 1 is 1.20 bits per heavy atom. The lowest BCUT2D eigenvalue weighted by molar-refractivity contribution is -0.140. The highest BCUT2D eigenvalue weighted by molar-refractivity contribution is 7.13. The Bertz CT molecular complexity index is 832. The molecule has 3 rings (SSSR count). The lowest BCUT2D eigenvalue weighted by Gasteiger charge is -2.08. The molecule has 7 nitrogen and oxygen atoms in total. The van der Waals surface area contributed by atoms with Crippen LogP contribution in [0.1, 0.15) is 24.2 Å². The number of carbonyl (C=O) groups excluding carboxylic acids is 2. The first kappa shape index (κ1) is 17.1. The highest BCUT2D eigenvalue weighted by Crippen LogP contribution is 2.58. The van der Waals surface area contributed by atoms with Crippen LogP contribution < -0.4 is 10.6 Å². The summed E-state index contributed by atoms with van der Waals surface area (Å²) < 4.78 is 0. The largest absolute Gasteiger partial charge is 0.481 e. The van der Waals surface area contributed by atoms with Gasteiger partial charge in [-0.15, -0.1) is 11.3 Å². The Balaban J connectivity index is 1.69. The summed E-state index contributed by atoms with van der Waals surface area (Å²) in [6, 6.07) is 6.48. The van der Waals surface area contributed by atoms with Crippen molar-refractivity contribution in [3.05, 3.63) is 41.4 Å². The van der Waals surface area contributed by atoms with Crippen molar-refractivity contribution in [1.29, 1.82) is 0 Å². The van der Waals surface area contributed by atoms with Gasteiger partial charge in [-0.25, -0.2) is 4.98 Å². The number of hydrogen-bond acceptors (Lipinski definition) is 5. The molecule has 0 radical (unpaired) electrons. The first-order valence-electron chi connectivity index (χ1n) is 7.65. The van der Waals surface area contributed by atoms with Crippen LogP contribution in [0.3, 0.4) is 0 Å². The van der Waals surface area contributed by atoms with Crippen molar-refractivity contribution < 1.29 is 19.5 Å². The molecule has 130 valence electrons. The average molecular weight is 359 g/mol. The Labute approximate surface area is 148 Å². The number of hydrogen-bond donors (Lipinski definition) is 3. The van der Waals surface area contributed by atoms with Crippen LogP contribution in [0.25, 0.3) is 0 Å². The number of amides is 2. The Morgan fingerprint density at radius 2 is 1.96 bits per heavy atom. The standard InChI is InChI=1S/C17H17N3O4S/c1-17(2)11(12(17)15(23)24)14(22)19-10-5-3-4-9(8-10)13(21)20-16-18-6-7-25-16/h3-8,11-12H,1-2H3,(H,19,22)(H,23,24)(H,18,20,21)/t11-,12+/m0/s1. The molecule has 1 aliphatic rings. The third kappa shape index (κ3) is 3.39. The first-order valence-corrected chi connectivity index (χ1v) is 8.53. The van der Waals surface area contributed by atoms with Gasteiger partial charge in [0.1, 0.15) is 0 Å². The van der Waals surface area contributed by atoms with E-state index >= 15 is 0 Å². The van der Waals surface area contributed by atoms with Crippen molar-refractivity contribution >= 4 is 39.9 Å². The molecule has 1 fully saturated rings.